The number of nitrogens with zero attached hydrogens (tertiary/aromatic N) is 5. The van der Waals surface area contributed by atoms with E-state index in [9.17, 15) is 4.79 Å². The van der Waals surface area contributed by atoms with Crippen LogP contribution in [0.1, 0.15) is 28.9 Å². The molecule has 31 heavy (non-hydrogen) atoms. The standard InChI is InChI=1S/C20H20N6O4S/c1-4-29-19(27)15-11(2)30-18-16(15)17(21)23-14(24-18)9-31-20-25-22-10-26(20)12-7-5-6-8-13(12)28-3/h5-8,10H,4,9H2,1-3H3,(H2,21,23,24). The summed E-state index contributed by atoms with van der Waals surface area (Å²) >= 11 is 1.38. The number of ether oxygens (including phenoxy) is 2. The van der Waals surface area contributed by atoms with Crippen molar-refractivity contribution in [2.24, 2.45) is 0 Å². The number of anilines is 1. The molecule has 10 nitrogen and oxygen atoms in total. The Morgan fingerprint density at radius 2 is 2.10 bits per heavy atom. The number of carbonyl (C=O) groups excluding carboxylic acids is 1. The first kappa shape index (κ1) is 20.7. The zero-order valence-electron chi connectivity index (χ0n) is 17.2. The highest BCUT2D eigenvalue weighted by Gasteiger charge is 2.24. The first-order valence-corrected chi connectivity index (χ1v) is 10.4. The van der Waals surface area contributed by atoms with Crippen LogP contribution in [0.2, 0.25) is 0 Å². The summed E-state index contributed by atoms with van der Waals surface area (Å²) < 4.78 is 18.0. The van der Waals surface area contributed by atoms with Gasteiger partial charge in [-0.3, -0.25) is 4.57 Å². The minimum absolute atomic E-state index is 0.159. The summed E-state index contributed by atoms with van der Waals surface area (Å²) in [6.07, 6.45) is 1.61. The molecule has 0 radical (unpaired) electrons. The van der Waals surface area contributed by atoms with Gasteiger partial charge in [-0.1, -0.05) is 23.9 Å². The Kier molecular flexibility index (Phi) is 5.76. The lowest BCUT2D eigenvalue weighted by molar-refractivity contribution is 0.0526. The summed E-state index contributed by atoms with van der Waals surface area (Å²) in [5.74, 6) is 1.53. The molecular formula is C20H20N6O4S. The van der Waals surface area contributed by atoms with Gasteiger partial charge in [0, 0.05) is 0 Å². The number of furan rings is 1. The second-order valence-electron chi connectivity index (χ2n) is 6.40. The van der Waals surface area contributed by atoms with Crippen molar-refractivity contribution in [2.45, 2.75) is 24.8 Å². The van der Waals surface area contributed by atoms with Crippen molar-refractivity contribution in [3.05, 3.63) is 47.7 Å². The molecule has 0 spiro atoms. The lowest BCUT2D eigenvalue weighted by Gasteiger charge is -2.10. The molecule has 0 saturated heterocycles. The van der Waals surface area contributed by atoms with Crippen LogP contribution in [0.3, 0.4) is 0 Å². The molecule has 160 valence electrons. The summed E-state index contributed by atoms with van der Waals surface area (Å²) in [6.45, 7) is 3.64. The van der Waals surface area contributed by atoms with Gasteiger partial charge in [0.05, 0.1) is 30.5 Å². The number of para-hydroxylation sites is 2. The van der Waals surface area contributed by atoms with Gasteiger partial charge in [0.2, 0.25) is 5.71 Å². The zero-order chi connectivity index (χ0) is 22.0. The van der Waals surface area contributed by atoms with Crippen LogP contribution < -0.4 is 10.5 Å². The number of fused-ring (bicyclic) bond motifs is 1. The van der Waals surface area contributed by atoms with Crippen LogP contribution in [-0.4, -0.2) is 44.4 Å². The maximum Gasteiger partial charge on any atom is 0.342 e. The van der Waals surface area contributed by atoms with Crippen LogP contribution in [0.15, 0.2) is 40.2 Å². The highest BCUT2D eigenvalue weighted by Crippen LogP contribution is 2.31. The van der Waals surface area contributed by atoms with Crippen molar-refractivity contribution in [1.82, 2.24) is 24.7 Å². The van der Waals surface area contributed by atoms with Gasteiger partial charge >= 0.3 is 5.97 Å². The fraction of sp³-hybridized carbons (Fsp3) is 0.250. The fourth-order valence-electron chi connectivity index (χ4n) is 3.14. The van der Waals surface area contributed by atoms with Gasteiger partial charge in [0.1, 0.15) is 35.0 Å². The molecule has 0 amide bonds. The van der Waals surface area contributed by atoms with Crippen LogP contribution >= 0.6 is 11.8 Å². The van der Waals surface area contributed by atoms with Gasteiger partial charge in [0.25, 0.3) is 0 Å². The second-order valence-corrected chi connectivity index (χ2v) is 7.35. The third-order valence-corrected chi connectivity index (χ3v) is 5.41. The number of aryl methyl sites for hydroxylation is 1. The predicted molar refractivity (Wildman–Crippen MR) is 114 cm³/mol. The largest absolute Gasteiger partial charge is 0.495 e. The van der Waals surface area contributed by atoms with Crippen molar-refractivity contribution in [2.75, 3.05) is 19.5 Å². The maximum atomic E-state index is 12.3. The maximum absolute atomic E-state index is 12.3. The quantitative estimate of drug-likeness (QED) is 0.337. The summed E-state index contributed by atoms with van der Waals surface area (Å²) in [6, 6.07) is 7.57. The number of aromatic nitrogens is 5. The van der Waals surface area contributed by atoms with Crippen molar-refractivity contribution < 1.29 is 18.7 Å². The molecule has 0 aliphatic rings. The van der Waals surface area contributed by atoms with Crippen molar-refractivity contribution >= 4 is 34.6 Å². The van der Waals surface area contributed by atoms with Gasteiger partial charge in [-0.15, -0.1) is 10.2 Å². The molecular weight excluding hydrogens is 420 g/mol. The van der Waals surface area contributed by atoms with Gasteiger partial charge in [-0.05, 0) is 26.0 Å². The van der Waals surface area contributed by atoms with E-state index in [2.05, 4.69) is 20.2 Å². The lowest BCUT2D eigenvalue weighted by Crippen LogP contribution is -2.07. The number of thioether (sulfide) groups is 1. The number of methoxy groups -OCH3 is 1. The Hall–Kier alpha value is -3.60. The topological polar surface area (TPSA) is 131 Å². The molecule has 0 aliphatic heterocycles. The minimum atomic E-state index is -0.513. The Morgan fingerprint density at radius 3 is 2.87 bits per heavy atom. The Morgan fingerprint density at radius 1 is 1.29 bits per heavy atom. The molecule has 0 aliphatic carbocycles. The van der Waals surface area contributed by atoms with Crippen LogP contribution in [0.4, 0.5) is 5.82 Å². The number of hydrogen-bond donors (Lipinski definition) is 1. The molecule has 4 aromatic rings. The molecule has 2 N–H and O–H groups in total. The van der Waals surface area contributed by atoms with E-state index in [0.717, 1.165) is 5.69 Å². The SMILES string of the molecule is CCOC(=O)c1c(C)oc2nc(CSc3nncn3-c3ccccc3OC)nc(N)c12. The number of carbonyl (C=O) groups is 1. The molecule has 11 heteroatoms. The number of nitrogen functional groups attached to an aromatic ring is 1. The smallest absolute Gasteiger partial charge is 0.342 e. The molecule has 0 bridgehead atoms. The number of benzene rings is 1. The van der Waals surface area contributed by atoms with Gasteiger partial charge in [0.15, 0.2) is 5.16 Å². The normalized spacial score (nSPS) is 11.1. The lowest BCUT2D eigenvalue weighted by atomic mass is 10.2. The average Bonchev–Trinajstić information content (AvgIpc) is 3.36. The monoisotopic (exact) mass is 440 g/mol. The summed E-state index contributed by atoms with van der Waals surface area (Å²) in [5.41, 5.74) is 7.45. The van der Waals surface area contributed by atoms with Crippen LogP contribution in [0.25, 0.3) is 16.8 Å². The van der Waals surface area contributed by atoms with Crippen LogP contribution in [0.5, 0.6) is 5.75 Å². The summed E-state index contributed by atoms with van der Waals surface area (Å²) in [4.78, 5) is 21.0. The van der Waals surface area contributed by atoms with E-state index < -0.39 is 5.97 Å². The molecule has 3 aromatic heterocycles. The van der Waals surface area contributed by atoms with Crippen molar-refractivity contribution in [3.8, 4) is 11.4 Å². The van der Waals surface area contributed by atoms with Crippen molar-refractivity contribution in [3.63, 3.8) is 0 Å². The first-order chi connectivity index (χ1) is 15.0. The zero-order valence-corrected chi connectivity index (χ0v) is 18.0. The number of esters is 1. The molecule has 3 heterocycles. The highest BCUT2D eigenvalue weighted by atomic mass is 32.2. The van der Waals surface area contributed by atoms with E-state index >= 15 is 0 Å². The average molecular weight is 440 g/mol. The van der Waals surface area contributed by atoms with Crippen molar-refractivity contribution in [1.29, 1.82) is 0 Å². The van der Waals surface area contributed by atoms with E-state index in [1.54, 1.807) is 27.3 Å². The molecule has 0 fully saturated rings. The number of nitrogens with two attached hydrogens (primary N) is 1. The fourth-order valence-corrected chi connectivity index (χ4v) is 3.92. The summed E-state index contributed by atoms with van der Waals surface area (Å²) in [7, 11) is 1.61. The predicted octanol–water partition coefficient (Wildman–Crippen LogP) is 3.17. The Labute approximate surface area is 181 Å². The second kappa shape index (κ2) is 8.64. The number of hydrogen-bond acceptors (Lipinski definition) is 10. The van der Waals surface area contributed by atoms with Crippen LogP contribution in [-0.2, 0) is 10.5 Å². The molecule has 0 unspecified atom stereocenters. The van der Waals surface area contributed by atoms with E-state index in [-0.39, 0.29) is 23.7 Å². The molecule has 1 aromatic carbocycles. The third kappa shape index (κ3) is 3.91. The molecule has 0 saturated carbocycles. The Bertz CT molecular complexity index is 1250. The van der Waals surface area contributed by atoms with E-state index in [1.165, 1.54) is 11.8 Å². The summed E-state index contributed by atoms with van der Waals surface area (Å²) in [5, 5.41) is 9.18. The van der Waals surface area contributed by atoms with Gasteiger partial charge in [-0.25, -0.2) is 9.78 Å². The van der Waals surface area contributed by atoms with Crippen LogP contribution in [0, 0.1) is 6.92 Å². The number of rotatable bonds is 7. The first-order valence-electron chi connectivity index (χ1n) is 9.42. The highest BCUT2D eigenvalue weighted by molar-refractivity contribution is 7.98. The van der Waals surface area contributed by atoms with Gasteiger partial charge < -0.3 is 19.6 Å². The molecule has 0 atom stereocenters. The Balaban J connectivity index is 1.62. The molecule has 4 rings (SSSR count). The minimum Gasteiger partial charge on any atom is -0.495 e. The van der Waals surface area contributed by atoms with E-state index in [4.69, 9.17) is 19.6 Å². The third-order valence-electron chi connectivity index (χ3n) is 4.47. The van der Waals surface area contributed by atoms with E-state index in [0.29, 0.717) is 33.6 Å². The van der Waals surface area contributed by atoms with Gasteiger partial charge in [-0.2, -0.15) is 4.98 Å². The van der Waals surface area contributed by atoms with E-state index in [1.807, 2.05) is 28.8 Å².